The highest BCUT2D eigenvalue weighted by Gasteiger charge is 2.10. The maximum atomic E-state index is 10.9. The first-order chi connectivity index (χ1) is 9.11. The Hall–Kier alpha value is -2.37. The fourth-order valence-electron chi connectivity index (χ4n) is 1.75. The molecule has 0 spiro atoms. The summed E-state index contributed by atoms with van der Waals surface area (Å²) >= 11 is 0. The van der Waals surface area contributed by atoms with E-state index in [1.807, 2.05) is 6.92 Å². The number of carboxylic acid groups (broad SMARTS) is 1. The molecule has 0 unspecified atom stereocenters. The molecule has 6 heteroatoms. The summed E-state index contributed by atoms with van der Waals surface area (Å²) in [5, 5.41) is 16.7. The van der Waals surface area contributed by atoms with Gasteiger partial charge in [-0.3, -0.25) is 0 Å². The van der Waals surface area contributed by atoms with Crippen LogP contribution in [-0.2, 0) is 6.54 Å². The minimum Gasteiger partial charge on any atom is -0.478 e. The number of carboxylic acids is 1. The lowest BCUT2D eigenvalue weighted by atomic mass is 10.1. The molecule has 1 N–H and O–H groups in total. The molecule has 1 aromatic carbocycles. The summed E-state index contributed by atoms with van der Waals surface area (Å²) in [6, 6.07) is 4.84. The Morgan fingerprint density at radius 3 is 2.89 bits per heavy atom. The molecular weight excluding hydrogens is 246 g/mol. The number of carbonyl (C=O) groups is 1. The highest BCUT2D eigenvalue weighted by molar-refractivity contribution is 5.89. The van der Waals surface area contributed by atoms with E-state index in [1.165, 1.54) is 12.3 Å². The number of rotatable bonds is 5. The van der Waals surface area contributed by atoms with E-state index >= 15 is 0 Å². The van der Waals surface area contributed by atoms with Crippen molar-refractivity contribution in [3.8, 4) is 11.6 Å². The molecule has 2 aromatic rings. The van der Waals surface area contributed by atoms with Gasteiger partial charge in [0, 0.05) is 6.54 Å². The number of aryl methyl sites for hydroxylation is 2. The number of benzene rings is 1. The molecule has 0 amide bonds. The van der Waals surface area contributed by atoms with Crippen LogP contribution in [0.3, 0.4) is 0 Å². The van der Waals surface area contributed by atoms with Gasteiger partial charge in [0.1, 0.15) is 11.9 Å². The summed E-state index contributed by atoms with van der Waals surface area (Å²) in [5.74, 6) is 0.174. The van der Waals surface area contributed by atoms with E-state index in [1.54, 1.807) is 23.7 Å². The third-order valence-electron chi connectivity index (χ3n) is 2.67. The SMILES string of the molecule is CCCn1nncc1Oc1ccc(C(=O)O)c(C)c1. The number of aromatic nitrogens is 3. The standard InChI is InChI=1S/C13H15N3O3/c1-3-6-16-12(8-14-15-16)19-10-4-5-11(13(17)18)9(2)7-10/h4-5,7-8H,3,6H2,1-2H3,(H,17,18). The Labute approximate surface area is 110 Å². The van der Waals surface area contributed by atoms with E-state index in [4.69, 9.17) is 9.84 Å². The van der Waals surface area contributed by atoms with Gasteiger partial charge in [0.2, 0.25) is 5.88 Å². The van der Waals surface area contributed by atoms with Crippen molar-refractivity contribution in [2.45, 2.75) is 26.8 Å². The first-order valence-corrected chi connectivity index (χ1v) is 6.02. The average Bonchev–Trinajstić information content (AvgIpc) is 2.77. The Bertz CT molecular complexity index is 593. The van der Waals surface area contributed by atoms with Crippen LogP contribution in [0.5, 0.6) is 11.6 Å². The smallest absolute Gasteiger partial charge is 0.335 e. The van der Waals surface area contributed by atoms with Crippen LogP contribution in [0.25, 0.3) is 0 Å². The van der Waals surface area contributed by atoms with Crippen LogP contribution < -0.4 is 4.74 Å². The number of hydrogen-bond acceptors (Lipinski definition) is 4. The van der Waals surface area contributed by atoms with Crippen LogP contribution >= 0.6 is 0 Å². The Balaban J connectivity index is 2.21. The van der Waals surface area contributed by atoms with Gasteiger partial charge in [-0.05, 0) is 37.1 Å². The first kappa shape index (κ1) is 13.1. The van der Waals surface area contributed by atoms with Crippen molar-refractivity contribution >= 4 is 5.97 Å². The van der Waals surface area contributed by atoms with Gasteiger partial charge >= 0.3 is 5.97 Å². The molecule has 2 rings (SSSR count). The summed E-state index contributed by atoms with van der Waals surface area (Å²) in [5.41, 5.74) is 0.923. The summed E-state index contributed by atoms with van der Waals surface area (Å²) in [6.45, 7) is 4.50. The van der Waals surface area contributed by atoms with Crippen molar-refractivity contribution in [1.29, 1.82) is 0 Å². The van der Waals surface area contributed by atoms with Gasteiger partial charge in [-0.15, -0.1) is 5.10 Å². The molecule has 0 fully saturated rings. The second-order valence-corrected chi connectivity index (χ2v) is 4.18. The van der Waals surface area contributed by atoms with E-state index in [0.717, 1.165) is 13.0 Å². The second-order valence-electron chi connectivity index (χ2n) is 4.18. The molecule has 0 aliphatic carbocycles. The zero-order valence-corrected chi connectivity index (χ0v) is 10.8. The monoisotopic (exact) mass is 261 g/mol. The number of hydrogen-bond donors (Lipinski definition) is 1. The molecule has 0 bridgehead atoms. The molecule has 0 saturated heterocycles. The third-order valence-corrected chi connectivity index (χ3v) is 2.67. The van der Waals surface area contributed by atoms with Crippen molar-refractivity contribution in [3.63, 3.8) is 0 Å². The number of nitrogens with zero attached hydrogens (tertiary/aromatic N) is 3. The van der Waals surface area contributed by atoms with Crippen molar-refractivity contribution in [1.82, 2.24) is 15.0 Å². The van der Waals surface area contributed by atoms with Crippen LogP contribution in [-0.4, -0.2) is 26.1 Å². The minimum atomic E-state index is -0.943. The summed E-state index contributed by atoms with van der Waals surface area (Å²) in [6.07, 6.45) is 2.47. The molecule has 0 saturated carbocycles. The Kier molecular flexibility index (Phi) is 3.79. The van der Waals surface area contributed by atoms with Crippen molar-refractivity contribution in [2.75, 3.05) is 0 Å². The van der Waals surface area contributed by atoms with Gasteiger partial charge in [-0.2, -0.15) is 0 Å². The van der Waals surface area contributed by atoms with E-state index in [0.29, 0.717) is 17.2 Å². The van der Waals surface area contributed by atoms with Gasteiger partial charge in [0.25, 0.3) is 0 Å². The highest BCUT2D eigenvalue weighted by atomic mass is 16.5. The van der Waals surface area contributed by atoms with Gasteiger partial charge < -0.3 is 9.84 Å². The van der Waals surface area contributed by atoms with Crippen LogP contribution in [0.15, 0.2) is 24.4 Å². The molecule has 1 heterocycles. The third kappa shape index (κ3) is 2.90. The fraction of sp³-hybridized carbons (Fsp3) is 0.308. The number of aromatic carboxylic acids is 1. The van der Waals surface area contributed by atoms with Crippen LogP contribution in [0.1, 0.15) is 29.3 Å². The predicted octanol–water partition coefficient (Wildman–Crippen LogP) is 2.49. The maximum Gasteiger partial charge on any atom is 0.335 e. The molecule has 1 aromatic heterocycles. The molecule has 0 aliphatic heterocycles. The van der Waals surface area contributed by atoms with E-state index < -0.39 is 5.97 Å². The van der Waals surface area contributed by atoms with Crippen molar-refractivity contribution in [2.24, 2.45) is 0 Å². The van der Waals surface area contributed by atoms with E-state index in [9.17, 15) is 4.79 Å². The van der Waals surface area contributed by atoms with Gasteiger partial charge in [-0.1, -0.05) is 12.1 Å². The van der Waals surface area contributed by atoms with Gasteiger partial charge in [0.05, 0.1) is 5.56 Å². The molecule has 6 nitrogen and oxygen atoms in total. The fourth-order valence-corrected chi connectivity index (χ4v) is 1.75. The molecule has 0 atom stereocenters. The van der Waals surface area contributed by atoms with Gasteiger partial charge in [0.15, 0.2) is 0 Å². The quantitative estimate of drug-likeness (QED) is 0.894. The lowest BCUT2D eigenvalue weighted by Crippen LogP contribution is -2.03. The molecule has 0 radical (unpaired) electrons. The molecule has 19 heavy (non-hydrogen) atoms. The number of ether oxygens (including phenoxy) is 1. The lowest BCUT2D eigenvalue weighted by Gasteiger charge is -2.08. The van der Waals surface area contributed by atoms with Crippen LogP contribution in [0.2, 0.25) is 0 Å². The Morgan fingerprint density at radius 1 is 1.47 bits per heavy atom. The predicted molar refractivity (Wildman–Crippen MR) is 68.5 cm³/mol. The maximum absolute atomic E-state index is 10.9. The topological polar surface area (TPSA) is 77.2 Å². The second kappa shape index (κ2) is 5.51. The zero-order valence-electron chi connectivity index (χ0n) is 10.8. The van der Waals surface area contributed by atoms with E-state index in [2.05, 4.69) is 10.3 Å². The molecule has 0 aliphatic rings. The minimum absolute atomic E-state index is 0.271. The zero-order chi connectivity index (χ0) is 13.8. The normalized spacial score (nSPS) is 10.4. The van der Waals surface area contributed by atoms with Crippen molar-refractivity contribution < 1.29 is 14.6 Å². The van der Waals surface area contributed by atoms with Crippen LogP contribution in [0.4, 0.5) is 0 Å². The summed E-state index contributed by atoms with van der Waals surface area (Å²) < 4.78 is 7.33. The van der Waals surface area contributed by atoms with Crippen molar-refractivity contribution in [3.05, 3.63) is 35.5 Å². The summed E-state index contributed by atoms with van der Waals surface area (Å²) in [4.78, 5) is 10.9. The van der Waals surface area contributed by atoms with Crippen LogP contribution in [0, 0.1) is 6.92 Å². The lowest BCUT2D eigenvalue weighted by molar-refractivity contribution is 0.0696. The first-order valence-electron chi connectivity index (χ1n) is 6.02. The molecule has 100 valence electrons. The summed E-state index contributed by atoms with van der Waals surface area (Å²) in [7, 11) is 0. The molecular formula is C13H15N3O3. The highest BCUT2D eigenvalue weighted by Crippen LogP contribution is 2.23. The van der Waals surface area contributed by atoms with Gasteiger partial charge in [-0.25, -0.2) is 9.48 Å². The Morgan fingerprint density at radius 2 is 2.26 bits per heavy atom. The van der Waals surface area contributed by atoms with E-state index in [-0.39, 0.29) is 5.56 Å². The average molecular weight is 261 g/mol. The largest absolute Gasteiger partial charge is 0.478 e.